The Labute approximate surface area is 119 Å². The van der Waals surface area contributed by atoms with Gasteiger partial charge in [0.1, 0.15) is 6.07 Å². The number of piperidine rings is 1. The summed E-state index contributed by atoms with van der Waals surface area (Å²) < 4.78 is 4.79. The average Bonchev–Trinajstić information content (AvgIpc) is 2.46. The zero-order chi connectivity index (χ0) is 14.7. The monoisotopic (exact) mass is 273 g/mol. The van der Waals surface area contributed by atoms with Crippen LogP contribution in [-0.4, -0.2) is 31.2 Å². The molecule has 0 atom stereocenters. The summed E-state index contributed by atoms with van der Waals surface area (Å²) in [7, 11) is 1.43. The normalized spacial score (nSPS) is 15.8. The molecule has 0 aliphatic carbocycles. The fraction of sp³-hybridized carbons (Fsp3) is 0.533. The molecule has 1 fully saturated rings. The molecule has 0 bridgehead atoms. The molecule has 2 heterocycles. The zero-order valence-electron chi connectivity index (χ0n) is 12.1. The van der Waals surface area contributed by atoms with Gasteiger partial charge in [0, 0.05) is 18.8 Å². The predicted octanol–water partition coefficient (Wildman–Crippen LogP) is 1.96. The van der Waals surface area contributed by atoms with E-state index >= 15 is 0 Å². The van der Waals surface area contributed by atoms with Crippen molar-refractivity contribution in [2.45, 2.75) is 26.7 Å². The highest BCUT2D eigenvalue weighted by Crippen LogP contribution is 2.28. The highest BCUT2D eigenvalue weighted by molar-refractivity contribution is 5.73. The molecule has 5 heteroatoms. The number of esters is 1. The predicted molar refractivity (Wildman–Crippen MR) is 75.4 cm³/mol. The third-order valence-electron chi connectivity index (χ3n) is 3.79. The number of carbonyl (C=O) groups is 1. The average molecular weight is 273 g/mol. The number of rotatable bonds is 2. The minimum absolute atomic E-state index is 0.0224. The summed E-state index contributed by atoms with van der Waals surface area (Å²) in [6.45, 7) is 5.31. The lowest BCUT2D eigenvalue weighted by atomic mass is 9.96. The molecule has 2 rings (SSSR count). The van der Waals surface area contributed by atoms with E-state index < -0.39 is 0 Å². The lowest BCUT2D eigenvalue weighted by Crippen LogP contribution is -2.37. The molecule has 1 aromatic rings. The highest BCUT2D eigenvalue weighted by Gasteiger charge is 2.27. The Morgan fingerprint density at radius 3 is 2.65 bits per heavy atom. The third-order valence-corrected chi connectivity index (χ3v) is 3.79. The number of aryl methyl sites for hydroxylation is 2. The number of carbonyl (C=O) groups excluding carboxylic acids is 1. The van der Waals surface area contributed by atoms with Gasteiger partial charge in [-0.15, -0.1) is 0 Å². The molecule has 0 spiro atoms. The van der Waals surface area contributed by atoms with Crippen molar-refractivity contribution in [1.29, 1.82) is 5.26 Å². The van der Waals surface area contributed by atoms with Crippen LogP contribution in [0.2, 0.25) is 0 Å². The molecule has 0 aromatic carbocycles. The van der Waals surface area contributed by atoms with Gasteiger partial charge >= 0.3 is 5.97 Å². The summed E-state index contributed by atoms with van der Waals surface area (Å²) in [6, 6.07) is 4.19. The van der Waals surface area contributed by atoms with Crippen LogP contribution in [0.1, 0.15) is 29.8 Å². The quantitative estimate of drug-likeness (QED) is 0.771. The molecule has 0 radical (unpaired) electrons. The van der Waals surface area contributed by atoms with Gasteiger partial charge in [-0.2, -0.15) is 5.26 Å². The number of hydrogen-bond acceptors (Lipinski definition) is 5. The smallest absolute Gasteiger partial charge is 0.308 e. The third kappa shape index (κ3) is 2.74. The summed E-state index contributed by atoms with van der Waals surface area (Å²) in [5, 5.41) is 9.31. The molecule has 106 valence electrons. The number of nitrogens with zero attached hydrogens (tertiary/aromatic N) is 3. The lowest BCUT2D eigenvalue weighted by Gasteiger charge is -2.33. The van der Waals surface area contributed by atoms with E-state index in [0.29, 0.717) is 5.56 Å². The largest absolute Gasteiger partial charge is 0.469 e. The lowest BCUT2D eigenvalue weighted by molar-refractivity contribution is -0.146. The Morgan fingerprint density at radius 2 is 2.10 bits per heavy atom. The van der Waals surface area contributed by atoms with Crippen molar-refractivity contribution in [2.75, 3.05) is 25.1 Å². The van der Waals surface area contributed by atoms with E-state index in [1.807, 2.05) is 19.9 Å². The van der Waals surface area contributed by atoms with Crippen molar-refractivity contribution < 1.29 is 9.53 Å². The molecule has 0 amide bonds. The van der Waals surface area contributed by atoms with E-state index in [0.717, 1.165) is 43.0 Å². The van der Waals surface area contributed by atoms with Gasteiger partial charge in [-0.3, -0.25) is 9.78 Å². The van der Waals surface area contributed by atoms with E-state index in [4.69, 9.17) is 4.74 Å². The minimum atomic E-state index is -0.132. The van der Waals surface area contributed by atoms with Crippen LogP contribution in [0.4, 0.5) is 5.69 Å². The molecule has 1 aliphatic rings. The Balaban J connectivity index is 2.19. The summed E-state index contributed by atoms with van der Waals surface area (Å²) >= 11 is 0. The van der Waals surface area contributed by atoms with Gasteiger partial charge < -0.3 is 9.64 Å². The van der Waals surface area contributed by atoms with Crippen LogP contribution < -0.4 is 4.90 Å². The first-order valence-corrected chi connectivity index (χ1v) is 6.78. The molecule has 0 N–H and O–H groups in total. The van der Waals surface area contributed by atoms with Crippen LogP contribution in [0.25, 0.3) is 0 Å². The number of ether oxygens (including phenoxy) is 1. The maximum absolute atomic E-state index is 11.5. The molecule has 1 aliphatic heterocycles. The van der Waals surface area contributed by atoms with Crippen LogP contribution in [-0.2, 0) is 9.53 Å². The second-order valence-electron chi connectivity index (χ2n) is 5.14. The van der Waals surface area contributed by atoms with Crippen molar-refractivity contribution in [1.82, 2.24) is 4.98 Å². The molecule has 0 unspecified atom stereocenters. The molecule has 5 nitrogen and oxygen atoms in total. The summed E-state index contributed by atoms with van der Waals surface area (Å²) in [4.78, 5) is 18.0. The second kappa shape index (κ2) is 5.91. The van der Waals surface area contributed by atoms with Crippen LogP contribution in [0.3, 0.4) is 0 Å². The topological polar surface area (TPSA) is 66.2 Å². The SMILES string of the molecule is COC(=O)C1CCN(c2cc(C)nc(C)c2C#N)CC1. The van der Waals surface area contributed by atoms with Crippen molar-refractivity contribution in [2.24, 2.45) is 5.92 Å². The van der Waals surface area contributed by atoms with Gasteiger partial charge in [-0.25, -0.2) is 0 Å². The fourth-order valence-electron chi connectivity index (χ4n) is 2.72. The fourth-order valence-corrected chi connectivity index (χ4v) is 2.72. The number of hydrogen-bond donors (Lipinski definition) is 0. The summed E-state index contributed by atoms with van der Waals surface area (Å²) in [5.74, 6) is -0.155. The zero-order valence-corrected chi connectivity index (χ0v) is 12.1. The van der Waals surface area contributed by atoms with Crippen molar-refractivity contribution >= 4 is 11.7 Å². The number of nitriles is 1. The van der Waals surface area contributed by atoms with E-state index in [1.165, 1.54) is 7.11 Å². The Bertz CT molecular complexity index is 555. The van der Waals surface area contributed by atoms with Gasteiger partial charge in [0.05, 0.1) is 30.0 Å². The maximum atomic E-state index is 11.5. The highest BCUT2D eigenvalue weighted by atomic mass is 16.5. The van der Waals surface area contributed by atoms with Crippen molar-refractivity contribution in [3.63, 3.8) is 0 Å². The number of aromatic nitrogens is 1. The first-order valence-electron chi connectivity index (χ1n) is 6.78. The first kappa shape index (κ1) is 14.3. The Hall–Kier alpha value is -2.09. The van der Waals surface area contributed by atoms with Crippen molar-refractivity contribution in [3.05, 3.63) is 23.0 Å². The van der Waals surface area contributed by atoms with E-state index in [9.17, 15) is 10.1 Å². The van der Waals surface area contributed by atoms with Gasteiger partial charge in [0.25, 0.3) is 0 Å². The Morgan fingerprint density at radius 1 is 1.45 bits per heavy atom. The number of methoxy groups -OCH3 is 1. The molecular formula is C15H19N3O2. The number of anilines is 1. The molecule has 1 saturated heterocycles. The van der Waals surface area contributed by atoms with Gasteiger partial charge in [0.2, 0.25) is 0 Å². The van der Waals surface area contributed by atoms with Gasteiger partial charge in [-0.05, 0) is 32.8 Å². The minimum Gasteiger partial charge on any atom is -0.469 e. The van der Waals surface area contributed by atoms with Crippen molar-refractivity contribution in [3.8, 4) is 6.07 Å². The maximum Gasteiger partial charge on any atom is 0.308 e. The molecule has 0 saturated carbocycles. The van der Waals surface area contributed by atoms with Crippen LogP contribution in [0.5, 0.6) is 0 Å². The molecule has 20 heavy (non-hydrogen) atoms. The van der Waals surface area contributed by atoms with Gasteiger partial charge in [-0.1, -0.05) is 0 Å². The standard InChI is InChI=1S/C15H19N3O2/c1-10-8-14(13(9-16)11(2)17-10)18-6-4-12(5-7-18)15(19)20-3/h8,12H,4-7H2,1-3H3. The first-order chi connectivity index (χ1) is 9.56. The van der Waals surface area contributed by atoms with E-state index in [-0.39, 0.29) is 11.9 Å². The van der Waals surface area contributed by atoms with Gasteiger partial charge in [0.15, 0.2) is 0 Å². The second-order valence-corrected chi connectivity index (χ2v) is 5.14. The Kier molecular flexibility index (Phi) is 4.23. The van der Waals surface area contributed by atoms with Crippen LogP contribution >= 0.6 is 0 Å². The van der Waals surface area contributed by atoms with Crippen LogP contribution in [0, 0.1) is 31.1 Å². The van der Waals surface area contributed by atoms with E-state index in [1.54, 1.807) is 0 Å². The van der Waals surface area contributed by atoms with Crippen LogP contribution in [0.15, 0.2) is 6.07 Å². The molecular weight excluding hydrogens is 254 g/mol. The summed E-state index contributed by atoms with van der Waals surface area (Å²) in [6.07, 6.45) is 1.52. The van der Waals surface area contributed by atoms with E-state index in [2.05, 4.69) is 16.0 Å². The number of pyridine rings is 1. The molecule has 1 aromatic heterocycles. The summed E-state index contributed by atoms with van der Waals surface area (Å²) in [5.41, 5.74) is 3.23.